The summed E-state index contributed by atoms with van der Waals surface area (Å²) in [4.78, 5) is 16.5. The highest BCUT2D eigenvalue weighted by molar-refractivity contribution is 7.99. The summed E-state index contributed by atoms with van der Waals surface area (Å²) in [6.07, 6.45) is 4.98. The van der Waals surface area contributed by atoms with Crippen molar-refractivity contribution in [3.8, 4) is 0 Å². The Morgan fingerprint density at radius 2 is 1.83 bits per heavy atom. The number of aromatic nitrogens is 1. The Hall–Kier alpha value is -2.04. The molecule has 1 fully saturated rings. The van der Waals surface area contributed by atoms with Gasteiger partial charge in [-0.25, -0.2) is 13.4 Å². The Morgan fingerprint density at radius 3 is 2.52 bits per heavy atom. The molecule has 2 heterocycles. The van der Waals surface area contributed by atoms with Crippen LogP contribution in [0.5, 0.6) is 0 Å². The second-order valence-electron chi connectivity index (χ2n) is 6.53. The summed E-state index contributed by atoms with van der Waals surface area (Å²) in [5.74, 6) is -3.34. The average molecular weight is 442 g/mol. The van der Waals surface area contributed by atoms with Gasteiger partial charge in [0.2, 0.25) is 10.0 Å². The normalized spacial score (nSPS) is 15.8. The molecule has 0 saturated carbocycles. The summed E-state index contributed by atoms with van der Waals surface area (Å²) in [6.45, 7) is 0.950. The number of amides is 1. The number of hydrogen-bond acceptors (Lipinski definition) is 5. The number of thioether (sulfide) groups is 1. The molecule has 1 N–H and O–H groups in total. The van der Waals surface area contributed by atoms with Gasteiger partial charge < -0.3 is 5.32 Å². The number of halogens is 2. The summed E-state index contributed by atoms with van der Waals surface area (Å²) in [6, 6.07) is 8.83. The van der Waals surface area contributed by atoms with Crippen LogP contribution in [0.3, 0.4) is 0 Å². The van der Waals surface area contributed by atoms with Gasteiger partial charge in [-0.2, -0.15) is 13.1 Å². The van der Waals surface area contributed by atoms with Gasteiger partial charge in [0.25, 0.3) is 11.7 Å². The predicted molar refractivity (Wildman–Crippen MR) is 108 cm³/mol. The number of nitrogens with zero attached hydrogens (tertiary/aromatic N) is 2. The minimum atomic E-state index is -3.67. The molecule has 0 atom stereocenters. The number of alkyl halides is 2. The quantitative estimate of drug-likeness (QED) is 0.680. The zero-order valence-corrected chi connectivity index (χ0v) is 17.2. The molecule has 156 valence electrons. The third-order valence-electron chi connectivity index (χ3n) is 4.51. The minimum Gasteiger partial charge on any atom is -0.322 e. The maximum atomic E-state index is 12.9. The first-order valence-corrected chi connectivity index (χ1v) is 11.5. The molecular formula is C19H21F2N3O3S2. The lowest BCUT2D eigenvalue weighted by molar-refractivity contribution is 0.102. The number of sulfonamides is 1. The van der Waals surface area contributed by atoms with Gasteiger partial charge in [0.05, 0.1) is 10.5 Å². The smallest absolute Gasteiger partial charge is 0.290 e. The van der Waals surface area contributed by atoms with Crippen molar-refractivity contribution in [1.82, 2.24) is 9.29 Å². The summed E-state index contributed by atoms with van der Waals surface area (Å²) in [7, 11) is -3.67. The van der Waals surface area contributed by atoms with E-state index < -0.39 is 21.7 Å². The van der Waals surface area contributed by atoms with Crippen molar-refractivity contribution in [2.24, 2.45) is 0 Å². The molecule has 1 saturated heterocycles. The third kappa shape index (κ3) is 5.52. The number of carbonyl (C=O) groups is 1. The van der Waals surface area contributed by atoms with E-state index in [1.54, 1.807) is 12.1 Å². The van der Waals surface area contributed by atoms with E-state index in [0.717, 1.165) is 25.7 Å². The zero-order valence-electron chi connectivity index (χ0n) is 15.6. The number of hydrogen-bond donors (Lipinski definition) is 1. The molecule has 0 unspecified atom stereocenters. The Kier molecular flexibility index (Phi) is 7.20. The number of pyridine rings is 1. The molecule has 2 aromatic rings. The van der Waals surface area contributed by atoms with Crippen LogP contribution in [0.2, 0.25) is 0 Å². The lowest BCUT2D eigenvalue weighted by atomic mass is 10.2. The molecule has 10 heteroatoms. The fourth-order valence-corrected chi connectivity index (χ4v) is 5.25. The highest BCUT2D eigenvalue weighted by Gasteiger charge is 2.25. The van der Waals surface area contributed by atoms with Gasteiger partial charge in [0.15, 0.2) is 0 Å². The molecule has 3 rings (SSSR count). The van der Waals surface area contributed by atoms with Crippen LogP contribution in [0.15, 0.2) is 52.5 Å². The van der Waals surface area contributed by atoms with E-state index in [9.17, 15) is 22.0 Å². The molecule has 1 aromatic carbocycles. The van der Waals surface area contributed by atoms with Crippen LogP contribution in [-0.4, -0.2) is 42.5 Å². The number of carbonyl (C=O) groups excluding carboxylic acids is 1. The molecule has 1 aliphatic heterocycles. The van der Waals surface area contributed by atoms with Gasteiger partial charge in [-0.05, 0) is 54.9 Å². The molecule has 1 aromatic heterocycles. The molecule has 0 spiro atoms. The van der Waals surface area contributed by atoms with Gasteiger partial charge in [-0.15, -0.1) is 0 Å². The summed E-state index contributed by atoms with van der Waals surface area (Å²) >= 11 is 0.184. The molecule has 29 heavy (non-hydrogen) atoms. The van der Waals surface area contributed by atoms with Crippen LogP contribution < -0.4 is 5.32 Å². The van der Waals surface area contributed by atoms with Gasteiger partial charge >= 0.3 is 0 Å². The second-order valence-corrected chi connectivity index (χ2v) is 9.45. The van der Waals surface area contributed by atoms with Crippen LogP contribution in [0.4, 0.5) is 14.5 Å². The summed E-state index contributed by atoms with van der Waals surface area (Å²) in [5.41, 5.74) is 0.265. The highest BCUT2D eigenvalue weighted by Crippen LogP contribution is 2.27. The third-order valence-corrected chi connectivity index (χ3v) is 7.13. The van der Waals surface area contributed by atoms with E-state index in [-0.39, 0.29) is 32.9 Å². The molecule has 0 bridgehead atoms. The molecular weight excluding hydrogens is 420 g/mol. The second kappa shape index (κ2) is 9.64. The van der Waals surface area contributed by atoms with Crippen molar-refractivity contribution in [3.05, 3.63) is 48.2 Å². The standard InChI is InChI=1S/C19H21F2N3O3S2/c20-19(21)28-18-16(9-6-10-22-18)17(25)23-14-7-5-8-15(13-14)29(26,27)24-11-3-1-2-4-12-24/h5-10,13,19H,1-4,11-12H2,(H,23,25). The molecule has 0 radical (unpaired) electrons. The fraction of sp³-hybridized carbons (Fsp3) is 0.368. The van der Waals surface area contributed by atoms with Gasteiger partial charge in [0.1, 0.15) is 5.03 Å². The van der Waals surface area contributed by atoms with Crippen molar-refractivity contribution in [2.75, 3.05) is 18.4 Å². The number of anilines is 1. The molecule has 0 aliphatic carbocycles. The Balaban J connectivity index is 1.81. The number of nitrogens with one attached hydrogen (secondary N) is 1. The summed E-state index contributed by atoms with van der Waals surface area (Å²) in [5, 5.41) is 2.49. The fourth-order valence-electron chi connectivity index (χ4n) is 3.11. The van der Waals surface area contributed by atoms with Crippen molar-refractivity contribution in [3.63, 3.8) is 0 Å². The van der Waals surface area contributed by atoms with Crippen LogP contribution in [-0.2, 0) is 10.0 Å². The van der Waals surface area contributed by atoms with Crippen molar-refractivity contribution in [1.29, 1.82) is 0 Å². The van der Waals surface area contributed by atoms with E-state index in [2.05, 4.69) is 10.3 Å². The Bertz CT molecular complexity index is 963. The first kappa shape index (κ1) is 21.7. The van der Waals surface area contributed by atoms with Crippen LogP contribution in [0.25, 0.3) is 0 Å². The van der Waals surface area contributed by atoms with Gasteiger partial charge in [0, 0.05) is 25.0 Å². The molecule has 6 nitrogen and oxygen atoms in total. The Morgan fingerprint density at radius 1 is 1.10 bits per heavy atom. The number of rotatable bonds is 6. The summed E-state index contributed by atoms with van der Waals surface area (Å²) < 4.78 is 52.8. The minimum absolute atomic E-state index is 0.00132. The number of benzene rings is 1. The maximum Gasteiger partial charge on any atom is 0.290 e. The van der Waals surface area contributed by atoms with E-state index in [1.165, 1.54) is 34.8 Å². The van der Waals surface area contributed by atoms with Crippen LogP contribution >= 0.6 is 11.8 Å². The zero-order chi connectivity index (χ0) is 20.9. The average Bonchev–Trinajstić information content (AvgIpc) is 2.98. The predicted octanol–water partition coefficient (Wildman–Crippen LogP) is 4.21. The lowest BCUT2D eigenvalue weighted by Crippen LogP contribution is -2.32. The van der Waals surface area contributed by atoms with Crippen molar-refractivity contribution < 1.29 is 22.0 Å². The largest absolute Gasteiger partial charge is 0.322 e. The first-order valence-electron chi connectivity index (χ1n) is 9.19. The van der Waals surface area contributed by atoms with Crippen LogP contribution in [0, 0.1) is 0 Å². The lowest BCUT2D eigenvalue weighted by Gasteiger charge is -2.20. The van der Waals surface area contributed by atoms with E-state index in [1.807, 2.05) is 0 Å². The highest BCUT2D eigenvalue weighted by atomic mass is 32.2. The maximum absolute atomic E-state index is 12.9. The van der Waals surface area contributed by atoms with Gasteiger partial charge in [-0.3, -0.25) is 4.79 Å². The molecule has 1 amide bonds. The Labute approximate surface area is 172 Å². The van der Waals surface area contributed by atoms with E-state index in [4.69, 9.17) is 0 Å². The van der Waals surface area contributed by atoms with Crippen molar-refractivity contribution >= 4 is 33.4 Å². The van der Waals surface area contributed by atoms with Gasteiger partial charge in [-0.1, -0.05) is 18.9 Å². The van der Waals surface area contributed by atoms with Crippen molar-refractivity contribution in [2.45, 2.75) is 41.4 Å². The van der Waals surface area contributed by atoms with E-state index in [0.29, 0.717) is 13.1 Å². The van der Waals surface area contributed by atoms with Crippen LogP contribution in [0.1, 0.15) is 36.0 Å². The SMILES string of the molecule is O=C(Nc1cccc(S(=O)(=O)N2CCCCCC2)c1)c1cccnc1SC(F)F. The molecule has 1 aliphatic rings. The first-order chi connectivity index (χ1) is 13.9. The van der Waals surface area contributed by atoms with E-state index >= 15 is 0 Å². The topological polar surface area (TPSA) is 79.4 Å². The monoisotopic (exact) mass is 441 g/mol.